The Kier molecular flexibility index (Phi) is 2.77. The van der Waals surface area contributed by atoms with E-state index in [1.54, 1.807) is 18.2 Å². The summed E-state index contributed by atoms with van der Waals surface area (Å²) >= 11 is 0. The normalized spacial score (nSPS) is 9.75. The maximum Gasteiger partial charge on any atom is 0.349 e. The number of rotatable bonds is 2. The van der Waals surface area contributed by atoms with Crippen molar-refractivity contribution in [3.05, 3.63) is 48.3 Å². The van der Waals surface area contributed by atoms with Gasteiger partial charge in [0.2, 0.25) is 0 Å². The van der Waals surface area contributed by atoms with E-state index >= 15 is 0 Å². The molecule has 0 bridgehead atoms. The van der Waals surface area contributed by atoms with E-state index in [1.807, 2.05) is 0 Å². The molecule has 0 atom stereocenters. The highest BCUT2D eigenvalue weighted by Gasteiger charge is 2.13. The van der Waals surface area contributed by atoms with Gasteiger partial charge in [-0.05, 0) is 18.2 Å². The molecule has 2 rings (SSSR count). The van der Waals surface area contributed by atoms with Crippen LogP contribution in [0.4, 0.5) is 0 Å². The van der Waals surface area contributed by atoms with Crippen LogP contribution in [0.5, 0.6) is 11.8 Å². The number of para-hydroxylation sites is 1. The van der Waals surface area contributed by atoms with E-state index in [0.29, 0.717) is 0 Å². The van der Waals surface area contributed by atoms with E-state index in [1.165, 1.54) is 24.5 Å². The predicted molar refractivity (Wildman–Crippen MR) is 55.1 cm³/mol. The largest absolute Gasteiger partial charge is 0.507 e. The third-order valence-electron chi connectivity index (χ3n) is 1.85. The molecule has 1 aromatic carbocycles. The summed E-state index contributed by atoms with van der Waals surface area (Å²) in [5, 5.41) is 9.42. The van der Waals surface area contributed by atoms with Crippen LogP contribution in [0.1, 0.15) is 10.4 Å². The molecule has 0 unspecified atom stereocenters. The lowest BCUT2D eigenvalue weighted by molar-refractivity contribution is 0.0716. The average Bonchev–Trinajstić information content (AvgIpc) is 2.31. The lowest BCUT2D eigenvalue weighted by Crippen LogP contribution is -2.10. The van der Waals surface area contributed by atoms with Crippen LogP contribution in [0.3, 0.4) is 0 Å². The number of benzene rings is 1. The first-order chi connectivity index (χ1) is 7.77. The molecular weight excluding hydrogens is 208 g/mol. The van der Waals surface area contributed by atoms with E-state index < -0.39 is 5.97 Å². The van der Waals surface area contributed by atoms with Crippen molar-refractivity contribution < 1.29 is 14.6 Å². The van der Waals surface area contributed by atoms with Gasteiger partial charge < -0.3 is 9.84 Å². The molecule has 1 N–H and O–H groups in total. The second-order valence-electron chi connectivity index (χ2n) is 2.94. The molecule has 0 amide bonds. The van der Waals surface area contributed by atoms with Gasteiger partial charge in [-0.1, -0.05) is 12.1 Å². The first-order valence-electron chi connectivity index (χ1n) is 4.54. The number of carbonyl (C=O) groups excluding carboxylic acids is 1. The molecule has 0 saturated carbocycles. The minimum absolute atomic E-state index is 0.0456. The number of carbonyl (C=O) groups is 1. The Hall–Kier alpha value is -2.43. The van der Waals surface area contributed by atoms with Crippen LogP contribution in [-0.2, 0) is 0 Å². The summed E-state index contributed by atoms with van der Waals surface area (Å²) in [6.07, 6.45) is 2.92. The smallest absolute Gasteiger partial charge is 0.349 e. The molecule has 2 aromatic rings. The van der Waals surface area contributed by atoms with Gasteiger partial charge in [0.15, 0.2) is 0 Å². The fourth-order valence-electron chi connectivity index (χ4n) is 1.12. The van der Waals surface area contributed by atoms with Gasteiger partial charge in [-0.25, -0.2) is 14.8 Å². The molecule has 0 spiro atoms. The summed E-state index contributed by atoms with van der Waals surface area (Å²) in [6.45, 7) is 0. The Balaban J connectivity index is 2.19. The van der Waals surface area contributed by atoms with Crippen molar-refractivity contribution in [2.45, 2.75) is 0 Å². The van der Waals surface area contributed by atoms with E-state index in [9.17, 15) is 9.90 Å². The number of ether oxygens (including phenoxy) is 1. The molecule has 16 heavy (non-hydrogen) atoms. The van der Waals surface area contributed by atoms with Gasteiger partial charge in [0.25, 0.3) is 0 Å². The van der Waals surface area contributed by atoms with Crippen molar-refractivity contribution in [3.8, 4) is 11.8 Å². The second-order valence-corrected chi connectivity index (χ2v) is 2.94. The van der Waals surface area contributed by atoms with Crippen molar-refractivity contribution >= 4 is 5.97 Å². The maximum absolute atomic E-state index is 11.6. The number of aromatic nitrogens is 2. The quantitative estimate of drug-likeness (QED) is 0.768. The van der Waals surface area contributed by atoms with Crippen molar-refractivity contribution in [2.75, 3.05) is 0 Å². The van der Waals surface area contributed by atoms with Crippen molar-refractivity contribution in [1.82, 2.24) is 9.97 Å². The fraction of sp³-hybridized carbons (Fsp3) is 0. The zero-order chi connectivity index (χ0) is 11.4. The van der Waals surface area contributed by atoms with Gasteiger partial charge in [0.05, 0.1) is 0 Å². The van der Waals surface area contributed by atoms with Gasteiger partial charge in [-0.15, -0.1) is 0 Å². The number of phenolic OH excluding ortho intramolecular Hbond substituents is 1. The lowest BCUT2D eigenvalue weighted by Gasteiger charge is -2.03. The van der Waals surface area contributed by atoms with Crippen molar-refractivity contribution in [3.63, 3.8) is 0 Å². The number of phenols is 1. The predicted octanol–water partition coefficient (Wildman–Crippen LogP) is 1.40. The zero-order valence-corrected chi connectivity index (χ0v) is 8.20. The third kappa shape index (κ3) is 2.14. The van der Waals surface area contributed by atoms with Crippen LogP contribution in [0, 0.1) is 0 Å². The third-order valence-corrected chi connectivity index (χ3v) is 1.85. The topological polar surface area (TPSA) is 72.3 Å². The lowest BCUT2D eigenvalue weighted by atomic mass is 10.2. The van der Waals surface area contributed by atoms with E-state index in [-0.39, 0.29) is 17.3 Å². The Morgan fingerprint density at radius 2 is 1.81 bits per heavy atom. The summed E-state index contributed by atoms with van der Waals surface area (Å²) in [4.78, 5) is 19.0. The molecule has 0 fully saturated rings. The summed E-state index contributed by atoms with van der Waals surface area (Å²) in [7, 11) is 0. The van der Waals surface area contributed by atoms with Crippen LogP contribution in [0.2, 0.25) is 0 Å². The number of aromatic hydroxyl groups is 1. The molecule has 0 aliphatic carbocycles. The summed E-state index contributed by atoms with van der Waals surface area (Å²) in [6, 6.07) is 7.67. The van der Waals surface area contributed by atoms with Crippen LogP contribution < -0.4 is 4.74 Å². The Morgan fingerprint density at radius 3 is 2.50 bits per heavy atom. The Morgan fingerprint density at radius 1 is 1.12 bits per heavy atom. The highest BCUT2D eigenvalue weighted by molar-refractivity contribution is 5.93. The number of hydrogen-bond acceptors (Lipinski definition) is 5. The number of nitrogens with zero attached hydrogens (tertiary/aromatic N) is 2. The van der Waals surface area contributed by atoms with Gasteiger partial charge >= 0.3 is 12.0 Å². The molecule has 80 valence electrons. The second kappa shape index (κ2) is 4.39. The Labute approximate surface area is 91.4 Å². The molecule has 0 radical (unpaired) electrons. The molecule has 1 aromatic heterocycles. The summed E-state index contributed by atoms with van der Waals surface area (Å²) in [5.74, 6) is -0.826. The molecule has 0 saturated heterocycles. The monoisotopic (exact) mass is 216 g/mol. The van der Waals surface area contributed by atoms with Gasteiger partial charge in [0.1, 0.15) is 11.3 Å². The first kappa shape index (κ1) is 10.1. The standard InChI is InChI=1S/C11H8N2O3/c14-9-5-2-1-4-8(9)10(15)16-11-12-6-3-7-13-11/h1-7,14H. The van der Waals surface area contributed by atoms with Crippen LogP contribution in [-0.4, -0.2) is 21.0 Å². The van der Waals surface area contributed by atoms with Crippen LogP contribution >= 0.6 is 0 Å². The zero-order valence-electron chi connectivity index (χ0n) is 8.20. The highest BCUT2D eigenvalue weighted by Crippen LogP contribution is 2.16. The molecule has 5 heteroatoms. The van der Waals surface area contributed by atoms with Crippen LogP contribution in [0.15, 0.2) is 42.7 Å². The van der Waals surface area contributed by atoms with Gasteiger partial charge in [-0.3, -0.25) is 0 Å². The fourth-order valence-corrected chi connectivity index (χ4v) is 1.12. The molecule has 1 heterocycles. The van der Waals surface area contributed by atoms with Gasteiger partial charge in [-0.2, -0.15) is 0 Å². The Bertz CT molecular complexity index is 500. The molecule has 0 aliphatic heterocycles. The molecule has 0 aliphatic rings. The van der Waals surface area contributed by atoms with E-state index in [0.717, 1.165) is 0 Å². The molecular formula is C11H8N2O3. The summed E-state index contributed by atoms with van der Waals surface area (Å²) in [5.41, 5.74) is 0.0787. The van der Waals surface area contributed by atoms with E-state index in [4.69, 9.17) is 4.74 Å². The highest BCUT2D eigenvalue weighted by atomic mass is 16.5. The number of hydrogen-bond donors (Lipinski definition) is 1. The molecule has 5 nitrogen and oxygen atoms in total. The van der Waals surface area contributed by atoms with Crippen molar-refractivity contribution in [1.29, 1.82) is 0 Å². The number of esters is 1. The van der Waals surface area contributed by atoms with E-state index in [2.05, 4.69) is 9.97 Å². The van der Waals surface area contributed by atoms with Crippen LogP contribution in [0.25, 0.3) is 0 Å². The maximum atomic E-state index is 11.6. The SMILES string of the molecule is O=C(Oc1ncccn1)c1ccccc1O. The first-order valence-corrected chi connectivity index (χ1v) is 4.54. The minimum atomic E-state index is -0.690. The minimum Gasteiger partial charge on any atom is -0.507 e. The summed E-state index contributed by atoms with van der Waals surface area (Å²) < 4.78 is 4.86. The van der Waals surface area contributed by atoms with Gasteiger partial charge in [0, 0.05) is 12.4 Å². The average molecular weight is 216 g/mol. The van der Waals surface area contributed by atoms with Crippen molar-refractivity contribution in [2.24, 2.45) is 0 Å².